The molecule has 0 aliphatic rings. The first-order chi connectivity index (χ1) is 8.66. The molecule has 2 rings (SSSR count). The van der Waals surface area contributed by atoms with Gasteiger partial charge in [0.1, 0.15) is 0 Å². The van der Waals surface area contributed by atoms with Gasteiger partial charge in [-0.3, -0.25) is 9.78 Å². The Morgan fingerprint density at radius 2 is 2.22 bits per heavy atom. The predicted molar refractivity (Wildman–Crippen MR) is 71.3 cm³/mol. The number of aryl methyl sites for hydroxylation is 1. The van der Waals surface area contributed by atoms with Crippen LogP contribution >= 0.6 is 0 Å². The molecular formula is C14H15N3O. The summed E-state index contributed by atoms with van der Waals surface area (Å²) in [4.78, 5) is 15.1. The largest absolute Gasteiger partial charge is 0.381 e. The Bertz CT molecular complexity index is 552. The van der Waals surface area contributed by atoms with Crippen molar-refractivity contribution in [2.24, 2.45) is 5.73 Å². The van der Waals surface area contributed by atoms with Crippen LogP contribution in [0.25, 0.3) is 0 Å². The number of anilines is 1. The second-order valence-corrected chi connectivity index (χ2v) is 4.11. The molecule has 0 atom stereocenters. The third-order valence-electron chi connectivity index (χ3n) is 2.72. The quantitative estimate of drug-likeness (QED) is 0.861. The average molecular weight is 241 g/mol. The third-order valence-corrected chi connectivity index (χ3v) is 2.72. The van der Waals surface area contributed by atoms with Crippen LogP contribution < -0.4 is 11.1 Å². The molecule has 0 aliphatic carbocycles. The number of pyridine rings is 1. The van der Waals surface area contributed by atoms with E-state index < -0.39 is 5.91 Å². The summed E-state index contributed by atoms with van der Waals surface area (Å²) in [6.07, 6.45) is 3.57. The summed E-state index contributed by atoms with van der Waals surface area (Å²) in [5.41, 5.74) is 8.85. The van der Waals surface area contributed by atoms with Crippen molar-refractivity contribution in [3.63, 3.8) is 0 Å². The van der Waals surface area contributed by atoms with Crippen molar-refractivity contribution < 1.29 is 4.79 Å². The van der Waals surface area contributed by atoms with E-state index in [0.717, 1.165) is 16.8 Å². The summed E-state index contributed by atoms with van der Waals surface area (Å²) in [5, 5.41) is 3.30. The van der Waals surface area contributed by atoms with Crippen molar-refractivity contribution in [3.8, 4) is 0 Å². The summed E-state index contributed by atoms with van der Waals surface area (Å²) < 4.78 is 0. The van der Waals surface area contributed by atoms with Gasteiger partial charge in [-0.2, -0.15) is 0 Å². The van der Waals surface area contributed by atoms with Crippen LogP contribution in [0.2, 0.25) is 0 Å². The number of hydrogen-bond donors (Lipinski definition) is 2. The van der Waals surface area contributed by atoms with Crippen LogP contribution in [0, 0.1) is 6.92 Å². The lowest BCUT2D eigenvalue weighted by Crippen LogP contribution is -2.11. The Morgan fingerprint density at radius 1 is 1.39 bits per heavy atom. The molecule has 1 amide bonds. The van der Waals surface area contributed by atoms with Gasteiger partial charge in [-0.25, -0.2) is 0 Å². The summed E-state index contributed by atoms with van der Waals surface area (Å²) in [7, 11) is 0. The van der Waals surface area contributed by atoms with Crippen LogP contribution in [-0.4, -0.2) is 10.9 Å². The minimum Gasteiger partial charge on any atom is -0.381 e. The summed E-state index contributed by atoms with van der Waals surface area (Å²) in [6.45, 7) is 2.64. The molecule has 0 saturated heterocycles. The predicted octanol–water partition coefficient (Wildman–Crippen LogP) is 2.10. The van der Waals surface area contributed by atoms with Gasteiger partial charge < -0.3 is 11.1 Å². The molecule has 3 N–H and O–H groups in total. The van der Waals surface area contributed by atoms with E-state index in [1.165, 1.54) is 0 Å². The van der Waals surface area contributed by atoms with E-state index in [1.807, 2.05) is 31.3 Å². The third kappa shape index (κ3) is 2.85. The van der Waals surface area contributed by atoms with E-state index in [-0.39, 0.29) is 0 Å². The summed E-state index contributed by atoms with van der Waals surface area (Å²) in [6, 6.07) is 9.29. The van der Waals surface area contributed by atoms with Gasteiger partial charge in [0, 0.05) is 30.2 Å². The smallest absolute Gasteiger partial charge is 0.248 e. The summed E-state index contributed by atoms with van der Waals surface area (Å²) >= 11 is 0. The average Bonchev–Trinajstić information content (AvgIpc) is 2.38. The zero-order valence-electron chi connectivity index (χ0n) is 10.2. The molecule has 4 nitrogen and oxygen atoms in total. The van der Waals surface area contributed by atoms with Crippen molar-refractivity contribution in [2.45, 2.75) is 13.5 Å². The number of aromatic nitrogens is 1. The van der Waals surface area contributed by atoms with Gasteiger partial charge in [0.05, 0.1) is 0 Å². The first-order valence-electron chi connectivity index (χ1n) is 5.70. The van der Waals surface area contributed by atoms with Crippen LogP contribution in [0.4, 0.5) is 5.69 Å². The summed E-state index contributed by atoms with van der Waals surface area (Å²) in [5.74, 6) is -0.406. The monoisotopic (exact) mass is 241 g/mol. The number of nitrogens with zero attached hydrogens (tertiary/aromatic N) is 1. The lowest BCUT2D eigenvalue weighted by molar-refractivity contribution is 0.1000. The molecule has 0 unspecified atom stereocenters. The molecular weight excluding hydrogens is 226 g/mol. The van der Waals surface area contributed by atoms with Crippen molar-refractivity contribution in [1.82, 2.24) is 4.98 Å². The van der Waals surface area contributed by atoms with Gasteiger partial charge in [0.25, 0.3) is 0 Å². The molecule has 0 bridgehead atoms. The van der Waals surface area contributed by atoms with Gasteiger partial charge in [-0.1, -0.05) is 6.07 Å². The fraction of sp³-hybridized carbons (Fsp3) is 0.143. The Kier molecular flexibility index (Phi) is 3.57. The molecule has 2 aromatic rings. The van der Waals surface area contributed by atoms with Crippen LogP contribution in [0.3, 0.4) is 0 Å². The number of primary amides is 1. The second kappa shape index (κ2) is 5.31. The maximum Gasteiger partial charge on any atom is 0.248 e. The Hall–Kier alpha value is -2.36. The van der Waals surface area contributed by atoms with Crippen molar-refractivity contribution in [2.75, 3.05) is 5.32 Å². The molecule has 4 heteroatoms. The van der Waals surface area contributed by atoms with Crippen molar-refractivity contribution in [3.05, 3.63) is 59.4 Å². The lowest BCUT2D eigenvalue weighted by atomic mass is 10.1. The van der Waals surface area contributed by atoms with Crippen molar-refractivity contribution in [1.29, 1.82) is 0 Å². The van der Waals surface area contributed by atoms with Crippen LogP contribution in [0.15, 0.2) is 42.7 Å². The lowest BCUT2D eigenvalue weighted by Gasteiger charge is -2.10. The molecule has 0 radical (unpaired) electrons. The molecule has 0 aliphatic heterocycles. The number of amides is 1. The molecule has 0 fully saturated rings. The highest BCUT2D eigenvalue weighted by molar-refractivity contribution is 5.93. The van der Waals surface area contributed by atoms with E-state index in [1.54, 1.807) is 18.3 Å². The van der Waals surface area contributed by atoms with Gasteiger partial charge >= 0.3 is 0 Å². The molecule has 0 saturated carbocycles. The molecule has 92 valence electrons. The number of nitrogens with two attached hydrogens (primary N) is 1. The standard InChI is InChI=1S/C14H15N3O/c1-10-7-12(14(15)18)4-5-13(10)17-9-11-3-2-6-16-8-11/h2-8,17H,9H2,1H3,(H2,15,18). The molecule has 1 heterocycles. The minimum absolute atomic E-state index is 0.406. The first kappa shape index (κ1) is 12.1. The number of carbonyl (C=O) groups excluding carboxylic acids is 1. The fourth-order valence-electron chi connectivity index (χ4n) is 1.72. The first-order valence-corrected chi connectivity index (χ1v) is 5.70. The maximum absolute atomic E-state index is 11.0. The minimum atomic E-state index is -0.406. The van der Waals surface area contributed by atoms with E-state index in [4.69, 9.17) is 5.73 Å². The number of carbonyl (C=O) groups is 1. The number of rotatable bonds is 4. The molecule has 1 aromatic carbocycles. The topological polar surface area (TPSA) is 68.0 Å². The van der Waals surface area contributed by atoms with E-state index >= 15 is 0 Å². The van der Waals surface area contributed by atoms with E-state index in [9.17, 15) is 4.79 Å². The Balaban J connectivity index is 2.08. The van der Waals surface area contributed by atoms with E-state index in [0.29, 0.717) is 12.1 Å². The zero-order chi connectivity index (χ0) is 13.0. The molecule has 0 spiro atoms. The molecule has 1 aromatic heterocycles. The number of benzene rings is 1. The zero-order valence-corrected chi connectivity index (χ0v) is 10.2. The Labute approximate surface area is 106 Å². The number of hydrogen-bond acceptors (Lipinski definition) is 3. The van der Waals surface area contributed by atoms with Gasteiger partial charge in [0.15, 0.2) is 0 Å². The van der Waals surface area contributed by atoms with Crippen LogP contribution in [0.1, 0.15) is 21.5 Å². The van der Waals surface area contributed by atoms with E-state index in [2.05, 4.69) is 10.3 Å². The van der Waals surface area contributed by atoms with Gasteiger partial charge in [-0.05, 0) is 42.3 Å². The van der Waals surface area contributed by atoms with Crippen LogP contribution in [0.5, 0.6) is 0 Å². The fourth-order valence-corrected chi connectivity index (χ4v) is 1.72. The van der Waals surface area contributed by atoms with Gasteiger partial charge in [0.2, 0.25) is 5.91 Å². The maximum atomic E-state index is 11.0. The second-order valence-electron chi connectivity index (χ2n) is 4.11. The Morgan fingerprint density at radius 3 is 2.83 bits per heavy atom. The number of nitrogens with one attached hydrogen (secondary N) is 1. The highest BCUT2D eigenvalue weighted by Crippen LogP contribution is 2.17. The highest BCUT2D eigenvalue weighted by atomic mass is 16.1. The van der Waals surface area contributed by atoms with Crippen LogP contribution in [-0.2, 0) is 6.54 Å². The molecule has 18 heavy (non-hydrogen) atoms. The highest BCUT2D eigenvalue weighted by Gasteiger charge is 2.03. The SMILES string of the molecule is Cc1cc(C(N)=O)ccc1NCc1cccnc1. The van der Waals surface area contributed by atoms with Gasteiger partial charge in [-0.15, -0.1) is 0 Å². The van der Waals surface area contributed by atoms with Crippen molar-refractivity contribution >= 4 is 11.6 Å². The normalized spacial score (nSPS) is 10.1.